The number of aromatic nitrogens is 2. The lowest BCUT2D eigenvalue weighted by Gasteiger charge is -2.26. The van der Waals surface area contributed by atoms with E-state index in [9.17, 15) is 38.4 Å². The van der Waals surface area contributed by atoms with E-state index in [-0.39, 0.29) is 43.8 Å². The number of hydrogen-bond donors (Lipinski definition) is 0. The third kappa shape index (κ3) is 2.92. The number of benzene rings is 5. The molecule has 0 fully saturated rings. The van der Waals surface area contributed by atoms with Crippen LogP contribution in [0.15, 0.2) is 104 Å². The Kier molecular flexibility index (Phi) is 4.70. The van der Waals surface area contributed by atoms with Crippen LogP contribution >= 0.6 is 0 Å². The van der Waals surface area contributed by atoms with Crippen LogP contribution < -0.4 is 32.3 Å². The van der Waals surface area contributed by atoms with Crippen molar-refractivity contribution >= 4 is 66.7 Å². The first-order chi connectivity index (χ1) is 22.2. The van der Waals surface area contributed by atoms with Gasteiger partial charge < -0.3 is 0 Å². The summed E-state index contributed by atoms with van der Waals surface area (Å²) in [6, 6.07) is 21.3. The summed E-state index contributed by atoms with van der Waals surface area (Å²) in [6.45, 7) is 0. The van der Waals surface area contributed by atoms with Gasteiger partial charge in [0.05, 0.1) is 43.8 Å². The van der Waals surface area contributed by atoms with Gasteiger partial charge in [0, 0.05) is 10.8 Å². The van der Waals surface area contributed by atoms with E-state index in [4.69, 9.17) is 0 Å². The van der Waals surface area contributed by atoms with Gasteiger partial charge in [0.1, 0.15) is 0 Å². The average molecular weight is 607 g/mol. The van der Waals surface area contributed by atoms with Crippen molar-refractivity contribution in [3.63, 3.8) is 0 Å². The van der Waals surface area contributed by atoms with E-state index in [2.05, 4.69) is 0 Å². The fraction of sp³-hybridized carbons (Fsp3) is 0. The van der Waals surface area contributed by atoms with Crippen molar-refractivity contribution in [1.82, 2.24) is 9.35 Å². The van der Waals surface area contributed by atoms with Gasteiger partial charge in [-0.2, -0.15) is 19.4 Å². The summed E-state index contributed by atoms with van der Waals surface area (Å²) in [7, 11) is 0. The number of rotatable bonds is 2. The Morgan fingerprint density at radius 3 is 0.870 bits per heavy atom. The molecule has 0 saturated heterocycles. The Hall–Kier alpha value is -6.82. The maximum Gasteiger partial charge on any atom is 0.281 e. The Morgan fingerprint density at radius 1 is 0.348 bits per heavy atom. The van der Waals surface area contributed by atoms with Crippen molar-refractivity contribution in [3.05, 3.63) is 149 Å². The molecule has 7 aromatic rings. The second-order valence-electron chi connectivity index (χ2n) is 11.1. The fourth-order valence-electron chi connectivity index (χ4n) is 6.71. The smallest absolute Gasteiger partial charge is 0.267 e. The molecule has 0 N–H and O–H groups in total. The molecule has 2 aliphatic heterocycles. The minimum absolute atomic E-state index is 0.112. The number of fused-ring (bicyclic) bond motifs is 2. The van der Waals surface area contributed by atoms with Crippen LogP contribution in [-0.4, -0.2) is 33.0 Å². The lowest BCUT2D eigenvalue weighted by atomic mass is 9.95. The molecule has 0 atom stereocenters. The van der Waals surface area contributed by atoms with Gasteiger partial charge in [-0.15, -0.1) is 0 Å². The predicted octanol–water partition coefficient (Wildman–Crippen LogP) is 2.08. The molecule has 0 bridgehead atoms. The first-order valence-electron chi connectivity index (χ1n) is 14.0. The van der Waals surface area contributed by atoms with Crippen molar-refractivity contribution in [2.24, 2.45) is 0 Å². The summed E-state index contributed by atoms with van der Waals surface area (Å²) in [5.74, 6) is -3.58. The lowest BCUT2D eigenvalue weighted by molar-refractivity contribution is 0.0834. The van der Waals surface area contributed by atoms with Crippen LogP contribution in [0.2, 0.25) is 0 Å². The van der Waals surface area contributed by atoms with Gasteiger partial charge in [-0.3, -0.25) is 38.4 Å². The number of hydrogen-bond acceptors (Lipinski definition) is 8. The van der Waals surface area contributed by atoms with Crippen LogP contribution in [0.1, 0.15) is 41.4 Å². The summed E-state index contributed by atoms with van der Waals surface area (Å²) in [5.41, 5.74) is -3.83. The molecule has 0 unspecified atom stereocenters. The Balaban J connectivity index is 1.24. The topological polar surface area (TPSA) is 153 Å². The highest BCUT2D eigenvalue weighted by Crippen LogP contribution is 2.31. The number of nitrogens with zero attached hydrogens (tertiary/aromatic N) is 4. The van der Waals surface area contributed by atoms with Crippen molar-refractivity contribution in [2.75, 3.05) is 10.0 Å². The van der Waals surface area contributed by atoms with Crippen molar-refractivity contribution < 1.29 is 19.2 Å². The minimum atomic E-state index is -1.07. The van der Waals surface area contributed by atoms with Crippen LogP contribution in [-0.2, 0) is 0 Å². The summed E-state index contributed by atoms with van der Waals surface area (Å²) in [4.78, 5) is 109. The van der Waals surface area contributed by atoms with Gasteiger partial charge in [0.15, 0.2) is 0 Å². The zero-order valence-electron chi connectivity index (χ0n) is 23.1. The standard InChI is InChI=1S/C34H14N4O8/c39-27-17-9-1-5-15-6-2-10-18(25(15)17)28(40)35(27)37-31(43)21-13-23-24(14-22(21)32(37)44)34(46)38(33(23)45)36-29(41)19-11-3-7-16-8-4-12-20(26(16)19)30(36)42/h1-14H. The molecule has 2 aliphatic rings. The second-order valence-corrected chi connectivity index (χ2v) is 11.1. The molecule has 0 spiro atoms. The van der Waals surface area contributed by atoms with Gasteiger partial charge in [-0.05, 0) is 47.2 Å². The Labute approximate surface area is 253 Å². The van der Waals surface area contributed by atoms with E-state index >= 15 is 0 Å². The van der Waals surface area contributed by atoms with E-state index < -0.39 is 45.9 Å². The summed E-state index contributed by atoms with van der Waals surface area (Å²) in [5, 5.41) is 1.62. The quantitative estimate of drug-likeness (QED) is 0.271. The molecule has 218 valence electrons. The number of carbonyl (C=O) groups excluding carboxylic acids is 4. The monoisotopic (exact) mass is 606 g/mol. The molecule has 4 amide bonds. The fourth-order valence-corrected chi connectivity index (χ4v) is 6.71. The van der Waals surface area contributed by atoms with Crippen LogP contribution in [0.5, 0.6) is 0 Å². The molecule has 12 heteroatoms. The molecule has 0 radical (unpaired) electrons. The van der Waals surface area contributed by atoms with E-state index in [0.29, 0.717) is 40.9 Å². The molecule has 12 nitrogen and oxygen atoms in total. The van der Waals surface area contributed by atoms with Crippen molar-refractivity contribution in [2.45, 2.75) is 0 Å². The maximum atomic E-state index is 13.7. The lowest BCUT2D eigenvalue weighted by Crippen LogP contribution is -2.55. The van der Waals surface area contributed by atoms with Gasteiger partial charge in [-0.1, -0.05) is 48.5 Å². The van der Waals surface area contributed by atoms with Gasteiger partial charge >= 0.3 is 0 Å². The van der Waals surface area contributed by atoms with Crippen LogP contribution in [0, 0.1) is 0 Å². The van der Waals surface area contributed by atoms with Crippen LogP contribution in [0.4, 0.5) is 0 Å². The first kappa shape index (κ1) is 25.7. The van der Waals surface area contributed by atoms with E-state index in [1.807, 2.05) is 0 Å². The third-order valence-corrected chi connectivity index (χ3v) is 8.75. The maximum absolute atomic E-state index is 13.7. The van der Waals surface area contributed by atoms with Gasteiger partial charge in [0.2, 0.25) is 0 Å². The summed E-state index contributed by atoms with van der Waals surface area (Å²) < 4.78 is 0.808. The van der Waals surface area contributed by atoms with Crippen molar-refractivity contribution in [1.29, 1.82) is 0 Å². The van der Waals surface area contributed by atoms with Crippen molar-refractivity contribution in [3.8, 4) is 0 Å². The highest BCUT2D eigenvalue weighted by Gasteiger charge is 2.39. The zero-order valence-corrected chi connectivity index (χ0v) is 23.1. The minimum Gasteiger partial charge on any atom is -0.267 e. The normalized spacial score (nSPS) is 14.5. The Morgan fingerprint density at radius 2 is 0.609 bits per heavy atom. The number of carbonyl (C=O) groups is 4. The third-order valence-electron chi connectivity index (χ3n) is 8.75. The second kappa shape index (κ2) is 8.42. The Bertz CT molecular complexity index is 2520. The molecular formula is C34H14N4O8. The molecule has 46 heavy (non-hydrogen) atoms. The molecule has 9 rings (SSSR count). The van der Waals surface area contributed by atoms with Crippen LogP contribution in [0.3, 0.4) is 0 Å². The van der Waals surface area contributed by atoms with E-state index in [1.54, 1.807) is 48.5 Å². The molecule has 5 aromatic carbocycles. The van der Waals surface area contributed by atoms with Crippen LogP contribution in [0.25, 0.3) is 43.1 Å². The van der Waals surface area contributed by atoms with Gasteiger partial charge in [0.25, 0.3) is 45.9 Å². The van der Waals surface area contributed by atoms with E-state index in [0.717, 1.165) is 12.1 Å². The zero-order chi connectivity index (χ0) is 31.8. The van der Waals surface area contributed by atoms with E-state index in [1.165, 1.54) is 24.3 Å². The average Bonchev–Trinajstić information content (AvgIpc) is 3.45. The SMILES string of the molecule is O=C1c2cccc3cccc(c23)C(=O)N1n1c(=O)c2cc3c(=O)n(N4C(=O)c5cccc6cccc(c56)C4=O)c(=O)c3cc2c1=O. The molecule has 2 aromatic heterocycles. The molecule has 0 aliphatic carbocycles. The molecule has 0 saturated carbocycles. The number of amides is 4. The summed E-state index contributed by atoms with van der Waals surface area (Å²) >= 11 is 0. The van der Waals surface area contributed by atoms with Gasteiger partial charge in [-0.25, -0.2) is 0 Å². The highest BCUT2D eigenvalue weighted by atomic mass is 16.2. The molecular weight excluding hydrogens is 592 g/mol. The first-order valence-corrected chi connectivity index (χ1v) is 14.0. The highest BCUT2D eigenvalue weighted by molar-refractivity contribution is 6.33. The number of imide groups is 2. The predicted molar refractivity (Wildman–Crippen MR) is 167 cm³/mol. The molecule has 4 heterocycles. The largest absolute Gasteiger partial charge is 0.281 e. The summed E-state index contributed by atoms with van der Waals surface area (Å²) in [6.07, 6.45) is 0.